The van der Waals surface area contributed by atoms with Gasteiger partial charge in [-0.1, -0.05) is 31.0 Å². The third kappa shape index (κ3) is 1.51. The van der Waals surface area contributed by atoms with E-state index in [1.807, 2.05) is 12.3 Å². The predicted molar refractivity (Wildman–Crippen MR) is 49.9 cm³/mol. The van der Waals surface area contributed by atoms with E-state index < -0.39 is 8.80 Å². The number of nitrogens with zero attached hydrogens (tertiary/aromatic N) is 1. The van der Waals surface area contributed by atoms with Crippen LogP contribution in [0.1, 0.15) is 12.8 Å². The average molecular weight is 163 g/mol. The number of aromatic nitrogens is 1. The molecular formula is C9H13NSi. The Morgan fingerprint density at radius 1 is 1.18 bits per heavy atom. The van der Waals surface area contributed by atoms with E-state index in [-0.39, 0.29) is 0 Å². The number of hydrogen-bond acceptors (Lipinski definition) is 1. The second-order valence-electron chi connectivity index (χ2n) is 3.24. The molecule has 0 unspecified atom stereocenters. The Labute approximate surface area is 69.1 Å². The molecule has 0 saturated carbocycles. The molecule has 0 spiro atoms. The quantitative estimate of drug-likeness (QED) is 0.569. The summed E-state index contributed by atoms with van der Waals surface area (Å²) >= 11 is 0. The van der Waals surface area contributed by atoms with Crippen molar-refractivity contribution in [2.75, 3.05) is 0 Å². The van der Waals surface area contributed by atoms with Gasteiger partial charge in [0, 0.05) is 11.5 Å². The molecule has 0 bridgehead atoms. The van der Waals surface area contributed by atoms with Crippen molar-refractivity contribution in [2.45, 2.75) is 24.9 Å². The molecular weight excluding hydrogens is 150 g/mol. The van der Waals surface area contributed by atoms with E-state index in [1.54, 1.807) is 0 Å². The molecule has 0 N–H and O–H groups in total. The minimum Gasteiger partial charge on any atom is -0.266 e. The van der Waals surface area contributed by atoms with Gasteiger partial charge in [0.2, 0.25) is 0 Å². The fourth-order valence-electron chi connectivity index (χ4n) is 1.84. The largest absolute Gasteiger partial charge is 0.266 e. The topological polar surface area (TPSA) is 12.9 Å². The van der Waals surface area contributed by atoms with Crippen molar-refractivity contribution in [3.05, 3.63) is 24.4 Å². The first kappa shape index (κ1) is 7.04. The molecule has 1 aromatic heterocycles. The zero-order valence-corrected chi connectivity index (χ0v) is 7.82. The van der Waals surface area contributed by atoms with E-state index in [4.69, 9.17) is 0 Å². The second kappa shape index (κ2) is 3.18. The van der Waals surface area contributed by atoms with Gasteiger partial charge in [-0.2, -0.15) is 0 Å². The van der Waals surface area contributed by atoms with Gasteiger partial charge in [-0.05, 0) is 12.1 Å². The van der Waals surface area contributed by atoms with Gasteiger partial charge in [0.15, 0.2) is 0 Å². The Bertz CT molecular complexity index is 216. The summed E-state index contributed by atoms with van der Waals surface area (Å²) in [6.45, 7) is 0. The number of hydrogen-bond donors (Lipinski definition) is 0. The van der Waals surface area contributed by atoms with Crippen molar-refractivity contribution in [1.29, 1.82) is 0 Å². The minimum atomic E-state index is -0.550. The van der Waals surface area contributed by atoms with Crippen LogP contribution in [-0.2, 0) is 0 Å². The molecule has 11 heavy (non-hydrogen) atoms. The fraction of sp³-hybridized carbons (Fsp3) is 0.444. The molecule has 0 radical (unpaired) electrons. The summed E-state index contributed by atoms with van der Waals surface area (Å²) in [6, 6.07) is 9.30. The van der Waals surface area contributed by atoms with Crippen LogP contribution in [0.2, 0.25) is 12.1 Å². The first-order valence-corrected chi connectivity index (χ1v) is 6.59. The Kier molecular flexibility index (Phi) is 2.03. The smallest absolute Gasteiger partial charge is 0.0945 e. The zero-order valence-electron chi connectivity index (χ0n) is 6.66. The molecule has 2 heterocycles. The fourth-order valence-corrected chi connectivity index (χ4v) is 4.96. The maximum absolute atomic E-state index is 4.42. The lowest BCUT2D eigenvalue weighted by molar-refractivity contribution is 0.935. The summed E-state index contributed by atoms with van der Waals surface area (Å²) in [7, 11) is -0.550. The highest BCUT2D eigenvalue weighted by atomic mass is 28.3. The summed E-state index contributed by atoms with van der Waals surface area (Å²) in [6.07, 6.45) is 4.83. The molecule has 1 aliphatic rings. The molecule has 1 aliphatic heterocycles. The SMILES string of the molecule is c1ccc([SiH]2CCCC2)nc1. The standard InChI is InChI=1S/C9H13NSi/c1-2-6-10-9(5-1)11-7-3-4-8-11/h1-2,5-6,11H,3-4,7-8H2. The first-order chi connectivity index (χ1) is 5.47. The normalized spacial score (nSPS) is 18.9. The van der Waals surface area contributed by atoms with Crippen molar-refractivity contribution < 1.29 is 0 Å². The maximum Gasteiger partial charge on any atom is 0.0945 e. The zero-order chi connectivity index (χ0) is 7.52. The van der Waals surface area contributed by atoms with Crippen LogP contribution in [0.15, 0.2) is 24.4 Å². The highest BCUT2D eigenvalue weighted by molar-refractivity contribution is 6.73. The molecule has 1 saturated heterocycles. The van der Waals surface area contributed by atoms with Gasteiger partial charge in [0.25, 0.3) is 0 Å². The number of pyridine rings is 1. The molecule has 0 aliphatic carbocycles. The molecule has 0 amide bonds. The highest BCUT2D eigenvalue weighted by Gasteiger charge is 2.19. The highest BCUT2D eigenvalue weighted by Crippen LogP contribution is 2.18. The van der Waals surface area contributed by atoms with E-state index in [2.05, 4.69) is 17.1 Å². The summed E-state index contributed by atoms with van der Waals surface area (Å²) in [4.78, 5) is 4.42. The lowest BCUT2D eigenvalue weighted by atomic mass is 10.4. The lowest BCUT2D eigenvalue weighted by Gasteiger charge is -2.04. The Morgan fingerprint density at radius 3 is 2.64 bits per heavy atom. The minimum absolute atomic E-state index is 0.550. The van der Waals surface area contributed by atoms with Crippen LogP contribution in [0.5, 0.6) is 0 Å². The average Bonchev–Trinajstić information content (AvgIpc) is 2.58. The van der Waals surface area contributed by atoms with Crippen molar-refractivity contribution in [1.82, 2.24) is 4.98 Å². The van der Waals surface area contributed by atoms with Crippen molar-refractivity contribution in [3.8, 4) is 0 Å². The van der Waals surface area contributed by atoms with Gasteiger partial charge < -0.3 is 0 Å². The summed E-state index contributed by atoms with van der Waals surface area (Å²) in [5.41, 5.74) is 0. The van der Waals surface area contributed by atoms with E-state index in [0.717, 1.165) is 0 Å². The molecule has 58 valence electrons. The van der Waals surface area contributed by atoms with Gasteiger partial charge in [0.05, 0.1) is 8.80 Å². The van der Waals surface area contributed by atoms with E-state index >= 15 is 0 Å². The van der Waals surface area contributed by atoms with E-state index in [9.17, 15) is 0 Å². The summed E-state index contributed by atoms with van der Waals surface area (Å²) < 4.78 is 0. The maximum atomic E-state index is 4.42. The molecule has 1 fully saturated rings. The van der Waals surface area contributed by atoms with Gasteiger partial charge in [-0.3, -0.25) is 4.98 Å². The van der Waals surface area contributed by atoms with Crippen molar-refractivity contribution >= 4 is 14.1 Å². The van der Waals surface area contributed by atoms with Crippen LogP contribution in [0.3, 0.4) is 0 Å². The van der Waals surface area contributed by atoms with Crippen LogP contribution in [0, 0.1) is 0 Å². The van der Waals surface area contributed by atoms with Crippen LogP contribution in [-0.4, -0.2) is 13.8 Å². The van der Waals surface area contributed by atoms with Crippen LogP contribution in [0.4, 0.5) is 0 Å². The summed E-state index contributed by atoms with van der Waals surface area (Å²) in [5, 5.41) is 1.44. The Balaban J connectivity index is 2.16. The molecule has 2 rings (SSSR count). The molecule has 1 nitrogen and oxygen atoms in total. The van der Waals surface area contributed by atoms with E-state index in [0.29, 0.717) is 0 Å². The van der Waals surface area contributed by atoms with E-state index in [1.165, 1.54) is 30.2 Å². The van der Waals surface area contributed by atoms with Gasteiger partial charge in [-0.15, -0.1) is 0 Å². The van der Waals surface area contributed by atoms with Gasteiger partial charge in [0.1, 0.15) is 0 Å². The molecule has 2 heteroatoms. The van der Waals surface area contributed by atoms with Gasteiger partial charge >= 0.3 is 0 Å². The van der Waals surface area contributed by atoms with Crippen molar-refractivity contribution in [2.24, 2.45) is 0 Å². The van der Waals surface area contributed by atoms with Crippen LogP contribution >= 0.6 is 0 Å². The van der Waals surface area contributed by atoms with Crippen molar-refractivity contribution in [3.63, 3.8) is 0 Å². The van der Waals surface area contributed by atoms with Crippen LogP contribution < -0.4 is 5.32 Å². The molecule has 1 aromatic rings. The van der Waals surface area contributed by atoms with Crippen LogP contribution in [0.25, 0.3) is 0 Å². The third-order valence-corrected chi connectivity index (χ3v) is 5.85. The predicted octanol–water partition coefficient (Wildman–Crippen LogP) is 1.31. The Morgan fingerprint density at radius 2 is 2.00 bits per heavy atom. The van der Waals surface area contributed by atoms with Gasteiger partial charge in [-0.25, -0.2) is 0 Å². The second-order valence-corrected chi connectivity index (χ2v) is 6.38. The Hall–Kier alpha value is -0.633. The number of rotatable bonds is 1. The third-order valence-electron chi connectivity index (χ3n) is 2.46. The molecule has 0 atom stereocenters. The molecule has 0 aromatic carbocycles. The monoisotopic (exact) mass is 163 g/mol. The first-order valence-electron chi connectivity index (χ1n) is 4.38. The summed E-state index contributed by atoms with van der Waals surface area (Å²) in [5.74, 6) is 0. The lowest BCUT2D eigenvalue weighted by Crippen LogP contribution is -2.28.